The first-order valence-electron chi connectivity index (χ1n) is 6.93. The van der Waals surface area contributed by atoms with E-state index in [-0.39, 0.29) is 0 Å². The van der Waals surface area contributed by atoms with Crippen LogP contribution in [0.15, 0.2) is 46.9 Å². The van der Waals surface area contributed by atoms with Crippen LogP contribution in [-0.4, -0.2) is 6.04 Å². The number of hydrogen-bond donors (Lipinski definition) is 1. The summed E-state index contributed by atoms with van der Waals surface area (Å²) >= 11 is 9.51. The molecule has 1 N–H and O–H groups in total. The van der Waals surface area contributed by atoms with Gasteiger partial charge in [0.2, 0.25) is 0 Å². The highest BCUT2D eigenvalue weighted by atomic mass is 79.9. The van der Waals surface area contributed by atoms with Gasteiger partial charge in [-0.05, 0) is 35.9 Å². The van der Waals surface area contributed by atoms with Gasteiger partial charge in [0.1, 0.15) is 12.4 Å². The molecule has 0 atom stereocenters. The summed E-state index contributed by atoms with van der Waals surface area (Å²) in [6.45, 7) is 5.53. The van der Waals surface area contributed by atoms with Crippen LogP contribution in [0.25, 0.3) is 0 Å². The predicted octanol–water partition coefficient (Wildman–Crippen LogP) is 5.18. The lowest BCUT2D eigenvalue weighted by atomic mass is 10.2. The van der Waals surface area contributed by atoms with Crippen molar-refractivity contribution in [2.45, 2.75) is 33.0 Å². The molecule has 0 saturated carbocycles. The van der Waals surface area contributed by atoms with Crippen molar-refractivity contribution in [2.75, 3.05) is 0 Å². The molecule has 0 heterocycles. The van der Waals surface area contributed by atoms with E-state index in [2.05, 4.69) is 35.1 Å². The van der Waals surface area contributed by atoms with E-state index in [1.54, 1.807) is 0 Å². The third-order valence-electron chi connectivity index (χ3n) is 3.03. The maximum Gasteiger partial charge on any atom is 0.124 e. The smallest absolute Gasteiger partial charge is 0.124 e. The van der Waals surface area contributed by atoms with Crippen LogP contribution in [0.1, 0.15) is 25.0 Å². The fraction of sp³-hybridized carbons (Fsp3) is 0.294. The topological polar surface area (TPSA) is 21.3 Å². The molecule has 0 radical (unpaired) electrons. The van der Waals surface area contributed by atoms with Crippen molar-refractivity contribution in [3.63, 3.8) is 0 Å². The van der Waals surface area contributed by atoms with Gasteiger partial charge in [-0.25, -0.2) is 0 Å². The molecule has 2 nitrogen and oxygen atoms in total. The van der Waals surface area contributed by atoms with Crippen LogP contribution in [0, 0.1) is 0 Å². The largest absolute Gasteiger partial charge is 0.489 e. The molecule has 2 rings (SSSR count). The Kier molecular flexibility index (Phi) is 6.09. The van der Waals surface area contributed by atoms with Gasteiger partial charge in [0.25, 0.3) is 0 Å². The molecule has 0 unspecified atom stereocenters. The minimum Gasteiger partial charge on any atom is -0.489 e. The van der Waals surface area contributed by atoms with Crippen LogP contribution in [0.2, 0.25) is 5.02 Å². The second-order valence-electron chi connectivity index (χ2n) is 5.20. The van der Waals surface area contributed by atoms with Crippen molar-refractivity contribution < 1.29 is 4.74 Å². The third kappa shape index (κ3) is 5.34. The second kappa shape index (κ2) is 7.83. The van der Waals surface area contributed by atoms with Gasteiger partial charge in [-0.1, -0.05) is 53.5 Å². The van der Waals surface area contributed by atoms with E-state index < -0.39 is 0 Å². The van der Waals surface area contributed by atoms with Gasteiger partial charge in [-0.2, -0.15) is 0 Å². The monoisotopic (exact) mass is 367 g/mol. The minimum absolute atomic E-state index is 0.420. The van der Waals surface area contributed by atoms with E-state index in [0.717, 1.165) is 32.9 Å². The summed E-state index contributed by atoms with van der Waals surface area (Å²) in [5.41, 5.74) is 2.21. The summed E-state index contributed by atoms with van der Waals surface area (Å²) in [7, 11) is 0. The number of benzene rings is 2. The molecule has 0 amide bonds. The molecule has 0 saturated heterocycles. The number of halogens is 2. The minimum atomic E-state index is 0.420. The van der Waals surface area contributed by atoms with Crippen molar-refractivity contribution >= 4 is 27.5 Å². The molecule has 0 aliphatic carbocycles. The van der Waals surface area contributed by atoms with E-state index >= 15 is 0 Å². The molecule has 0 spiro atoms. The number of hydrogen-bond acceptors (Lipinski definition) is 2. The van der Waals surface area contributed by atoms with Crippen molar-refractivity contribution in [1.82, 2.24) is 5.32 Å². The molecule has 0 fully saturated rings. The van der Waals surface area contributed by atoms with Gasteiger partial charge in [-0.15, -0.1) is 0 Å². The lowest BCUT2D eigenvalue weighted by Crippen LogP contribution is -2.22. The summed E-state index contributed by atoms with van der Waals surface area (Å²) in [4.78, 5) is 0. The average molecular weight is 369 g/mol. The Morgan fingerprint density at radius 1 is 1.14 bits per heavy atom. The molecular weight excluding hydrogens is 350 g/mol. The molecule has 0 aliphatic heterocycles. The molecule has 2 aromatic carbocycles. The van der Waals surface area contributed by atoms with E-state index in [4.69, 9.17) is 16.3 Å². The Hall–Kier alpha value is -1.03. The first-order chi connectivity index (χ1) is 10.0. The van der Waals surface area contributed by atoms with Crippen LogP contribution in [0.5, 0.6) is 5.75 Å². The summed E-state index contributed by atoms with van der Waals surface area (Å²) < 4.78 is 7.01. The van der Waals surface area contributed by atoms with Crippen molar-refractivity contribution in [1.29, 1.82) is 0 Å². The molecule has 21 heavy (non-hydrogen) atoms. The average Bonchev–Trinajstić information content (AvgIpc) is 2.45. The van der Waals surface area contributed by atoms with Crippen molar-refractivity contribution in [3.8, 4) is 5.75 Å². The highest BCUT2D eigenvalue weighted by Gasteiger charge is 2.06. The maximum atomic E-state index is 6.08. The number of nitrogens with one attached hydrogen (secondary N) is 1. The Morgan fingerprint density at radius 2 is 1.86 bits per heavy atom. The third-order valence-corrected chi connectivity index (χ3v) is 3.79. The molecule has 0 aliphatic rings. The van der Waals surface area contributed by atoms with Crippen LogP contribution in [0.4, 0.5) is 0 Å². The lowest BCUT2D eigenvalue weighted by molar-refractivity contribution is 0.302. The predicted molar refractivity (Wildman–Crippen MR) is 91.9 cm³/mol. The molecule has 0 aromatic heterocycles. The second-order valence-corrected chi connectivity index (χ2v) is 6.55. The quantitative estimate of drug-likeness (QED) is 0.758. The Morgan fingerprint density at radius 3 is 2.52 bits per heavy atom. The first-order valence-corrected chi connectivity index (χ1v) is 8.11. The van der Waals surface area contributed by atoms with Gasteiger partial charge in [0, 0.05) is 27.6 Å². The van der Waals surface area contributed by atoms with E-state index in [0.29, 0.717) is 12.6 Å². The van der Waals surface area contributed by atoms with Gasteiger partial charge in [-0.3, -0.25) is 0 Å². The summed E-state index contributed by atoms with van der Waals surface area (Å²) in [6.07, 6.45) is 0. The van der Waals surface area contributed by atoms with Crippen LogP contribution >= 0.6 is 27.5 Å². The van der Waals surface area contributed by atoms with Gasteiger partial charge >= 0.3 is 0 Å². The van der Waals surface area contributed by atoms with Crippen LogP contribution in [0.3, 0.4) is 0 Å². The maximum absolute atomic E-state index is 6.08. The molecule has 0 bridgehead atoms. The zero-order valence-electron chi connectivity index (χ0n) is 12.2. The van der Waals surface area contributed by atoms with E-state index in [1.165, 1.54) is 0 Å². The van der Waals surface area contributed by atoms with Crippen LogP contribution in [-0.2, 0) is 13.2 Å². The van der Waals surface area contributed by atoms with Gasteiger partial charge in [0.05, 0.1) is 0 Å². The van der Waals surface area contributed by atoms with Crippen molar-refractivity contribution in [3.05, 3.63) is 63.1 Å². The Bertz CT molecular complexity index is 584. The Balaban J connectivity index is 2.06. The fourth-order valence-corrected chi connectivity index (χ4v) is 2.34. The standard InChI is InChI=1S/C17H19BrClNO/c1-12(2)20-10-14-9-16(19)7-8-17(14)21-11-13-3-5-15(18)6-4-13/h3-9,12,20H,10-11H2,1-2H3. The summed E-state index contributed by atoms with van der Waals surface area (Å²) in [5.74, 6) is 0.871. The normalized spacial score (nSPS) is 10.9. The first kappa shape index (κ1) is 16.3. The molecule has 2 aromatic rings. The van der Waals surface area contributed by atoms with Crippen LogP contribution < -0.4 is 10.1 Å². The van der Waals surface area contributed by atoms with E-state index in [1.807, 2.05) is 42.5 Å². The zero-order valence-corrected chi connectivity index (χ0v) is 14.5. The SMILES string of the molecule is CC(C)NCc1cc(Cl)ccc1OCc1ccc(Br)cc1. The summed E-state index contributed by atoms with van der Waals surface area (Å²) in [6, 6.07) is 14.3. The lowest BCUT2D eigenvalue weighted by Gasteiger charge is -2.14. The fourth-order valence-electron chi connectivity index (χ4n) is 1.88. The summed E-state index contributed by atoms with van der Waals surface area (Å²) in [5, 5.41) is 4.12. The highest BCUT2D eigenvalue weighted by molar-refractivity contribution is 9.10. The zero-order chi connectivity index (χ0) is 15.2. The number of rotatable bonds is 6. The van der Waals surface area contributed by atoms with Crippen molar-refractivity contribution in [2.24, 2.45) is 0 Å². The number of ether oxygens (including phenoxy) is 1. The van der Waals surface area contributed by atoms with E-state index in [9.17, 15) is 0 Å². The van der Waals surface area contributed by atoms with Gasteiger partial charge in [0.15, 0.2) is 0 Å². The molecular formula is C17H19BrClNO. The molecule has 112 valence electrons. The van der Waals surface area contributed by atoms with Gasteiger partial charge < -0.3 is 10.1 Å². The Labute approximate surface area is 139 Å². The highest BCUT2D eigenvalue weighted by Crippen LogP contribution is 2.24. The molecule has 4 heteroatoms.